The summed E-state index contributed by atoms with van der Waals surface area (Å²) < 4.78 is 43.3. The van der Waals surface area contributed by atoms with Crippen molar-refractivity contribution >= 4 is 5.97 Å². The van der Waals surface area contributed by atoms with Crippen LogP contribution in [0.4, 0.5) is 13.2 Å². The third-order valence-corrected chi connectivity index (χ3v) is 4.81. The van der Waals surface area contributed by atoms with Gasteiger partial charge in [-0.3, -0.25) is 9.69 Å². The summed E-state index contributed by atoms with van der Waals surface area (Å²) in [7, 11) is 1.34. The fraction of sp³-hybridized carbons (Fsp3) is 0.350. The number of carbonyl (C=O) groups is 1. The first-order valence-corrected chi connectivity index (χ1v) is 8.39. The van der Waals surface area contributed by atoms with Crippen LogP contribution in [0.2, 0.25) is 0 Å². The second kappa shape index (κ2) is 7.50. The second-order valence-corrected chi connectivity index (χ2v) is 6.54. The summed E-state index contributed by atoms with van der Waals surface area (Å²) in [6.07, 6.45) is -4.37. The van der Waals surface area contributed by atoms with E-state index in [9.17, 15) is 18.0 Å². The Bertz CT molecular complexity index is 744. The minimum absolute atomic E-state index is 0.187. The first kappa shape index (κ1) is 18.5. The van der Waals surface area contributed by atoms with E-state index in [-0.39, 0.29) is 17.8 Å². The number of halogens is 3. The molecule has 0 bridgehead atoms. The Morgan fingerprint density at radius 2 is 1.73 bits per heavy atom. The molecule has 138 valence electrons. The van der Waals surface area contributed by atoms with E-state index in [0.717, 1.165) is 23.3 Å². The number of hydrogen-bond donors (Lipinski definition) is 0. The lowest BCUT2D eigenvalue weighted by atomic mass is 9.88. The molecule has 6 heteroatoms. The molecule has 0 amide bonds. The van der Waals surface area contributed by atoms with Crippen molar-refractivity contribution in [2.24, 2.45) is 5.92 Å². The first-order chi connectivity index (χ1) is 12.4. The first-order valence-electron chi connectivity index (χ1n) is 8.39. The van der Waals surface area contributed by atoms with Crippen molar-refractivity contribution < 1.29 is 22.7 Å². The molecule has 0 aromatic heterocycles. The van der Waals surface area contributed by atoms with Crippen molar-refractivity contribution in [1.82, 2.24) is 4.90 Å². The van der Waals surface area contributed by atoms with Crippen LogP contribution in [0.5, 0.6) is 0 Å². The highest BCUT2D eigenvalue weighted by atomic mass is 19.4. The molecular formula is C20H20F3NO2. The minimum Gasteiger partial charge on any atom is -0.469 e. The van der Waals surface area contributed by atoms with Crippen molar-refractivity contribution in [3.05, 3.63) is 71.3 Å². The van der Waals surface area contributed by atoms with Gasteiger partial charge in [0.25, 0.3) is 0 Å². The third kappa shape index (κ3) is 4.07. The Morgan fingerprint density at radius 3 is 2.31 bits per heavy atom. The zero-order chi connectivity index (χ0) is 18.7. The summed E-state index contributed by atoms with van der Waals surface area (Å²) in [6.45, 7) is 1.80. The number of rotatable bonds is 4. The van der Waals surface area contributed by atoms with E-state index in [0.29, 0.717) is 19.6 Å². The Morgan fingerprint density at radius 1 is 1.08 bits per heavy atom. The smallest absolute Gasteiger partial charge is 0.416 e. The Balaban J connectivity index is 1.80. The van der Waals surface area contributed by atoms with Crippen LogP contribution in [0, 0.1) is 5.92 Å². The van der Waals surface area contributed by atoms with Crippen molar-refractivity contribution in [2.75, 3.05) is 20.2 Å². The van der Waals surface area contributed by atoms with Crippen molar-refractivity contribution in [3.8, 4) is 0 Å². The molecule has 1 heterocycles. The molecule has 2 aromatic rings. The molecule has 1 saturated heterocycles. The van der Waals surface area contributed by atoms with Gasteiger partial charge < -0.3 is 4.74 Å². The molecular weight excluding hydrogens is 343 g/mol. The summed E-state index contributed by atoms with van der Waals surface area (Å²) in [5.74, 6) is -0.903. The molecule has 0 spiro atoms. The van der Waals surface area contributed by atoms with E-state index in [1.165, 1.54) is 19.2 Å². The van der Waals surface area contributed by atoms with Gasteiger partial charge in [0, 0.05) is 25.6 Å². The molecule has 0 radical (unpaired) electrons. The normalized spacial score (nSPS) is 20.9. The van der Waals surface area contributed by atoms with Crippen LogP contribution in [-0.2, 0) is 22.3 Å². The largest absolute Gasteiger partial charge is 0.469 e. The van der Waals surface area contributed by atoms with Gasteiger partial charge in [0.1, 0.15) is 0 Å². The zero-order valence-corrected chi connectivity index (χ0v) is 14.4. The summed E-state index contributed by atoms with van der Waals surface area (Å²) in [5.41, 5.74) is 1.17. The van der Waals surface area contributed by atoms with E-state index >= 15 is 0 Å². The SMILES string of the molecule is COC(=O)C1CN(Cc2ccccc2)CC1c1ccc(C(F)(F)F)cc1. The number of nitrogens with zero attached hydrogens (tertiary/aromatic N) is 1. The summed E-state index contributed by atoms with van der Waals surface area (Å²) >= 11 is 0. The molecule has 1 aliphatic rings. The fourth-order valence-electron chi connectivity index (χ4n) is 3.50. The summed E-state index contributed by atoms with van der Waals surface area (Å²) in [4.78, 5) is 14.3. The lowest BCUT2D eigenvalue weighted by Gasteiger charge is -2.17. The number of alkyl halides is 3. The van der Waals surface area contributed by atoms with Gasteiger partial charge in [-0.2, -0.15) is 13.2 Å². The van der Waals surface area contributed by atoms with Gasteiger partial charge in [-0.15, -0.1) is 0 Å². The summed E-state index contributed by atoms with van der Waals surface area (Å²) in [6, 6.07) is 15.0. The van der Waals surface area contributed by atoms with Gasteiger partial charge in [0.15, 0.2) is 0 Å². The highest BCUT2D eigenvalue weighted by Gasteiger charge is 2.39. The van der Waals surface area contributed by atoms with Crippen molar-refractivity contribution in [1.29, 1.82) is 0 Å². The monoisotopic (exact) mass is 363 g/mol. The molecule has 2 aromatic carbocycles. The molecule has 3 rings (SSSR count). The average molecular weight is 363 g/mol. The molecule has 0 aliphatic carbocycles. The average Bonchev–Trinajstić information content (AvgIpc) is 3.05. The number of methoxy groups -OCH3 is 1. The molecule has 0 N–H and O–H groups in total. The standard InChI is InChI=1S/C20H20F3NO2/c1-26-19(25)18-13-24(11-14-5-3-2-4-6-14)12-17(18)15-7-9-16(10-8-15)20(21,22)23/h2-10,17-18H,11-13H2,1H3. The highest BCUT2D eigenvalue weighted by molar-refractivity contribution is 5.74. The van der Waals surface area contributed by atoms with Gasteiger partial charge in [-0.05, 0) is 23.3 Å². The number of carbonyl (C=O) groups excluding carboxylic acids is 1. The van der Waals surface area contributed by atoms with Gasteiger partial charge in [-0.1, -0.05) is 42.5 Å². The second-order valence-electron chi connectivity index (χ2n) is 6.54. The lowest BCUT2D eigenvalue weighted by molar-refractivity contribution is -0.145. The fourth-order valence-corrected chi connectivity index (χ4v) is 3.50. The van der Waals surface area contributed by atoms with Crippen LogP contribution in [0.1, 0.15) is 22.6 Å². The van der Waals surface area contributed by atoms with Crippen LogP contribution < -0.4 is 0 Å². The van der Waals surface area contributed by atoms with Crippen LogP contribution >= 0.6 is 0 Å². The van der Waals surface area contributed by atoms with E-state index in [2.05, 4.69) is 4.90 Å². The van der Waals surface area contributed by atoms with E-state index < -0.39 is 11.7 Å². The molecule has 2 unspecified atom stereocenters. The van der Waals surface area contributed by atoms with Crippen molar-refractivity contribution in [3.63, 3.8) is 0 Å². The number of hydrogen-bond acceptors (Lipinski definition) is 3. The van der Waals surface area contributed by atoms with Crippen LogP contribution in [0.25, 0.3) is 0 Å². The Hall–Kier alpha value is -2.34. The Kier molecular flexibility index (Phi) is 5.32. The van der Waals surface area contributed by atoms with Gasteiger partial charge in [-0.25, -0.2) is 0 Å². The quantitative estimate of drug-likeness (QED) is 0.766. The summed E-state index contributed by atoms with van der Waals surface area (Å²) in [5, 5.41) is 0. The molecule has 26 heavy (non-hydrogen) atoms. The van der Waals surface area contributed by atoms with Crippen LogP contribution in [0.3, 0.4) is 0 Å². The molecule has 3 nitrogen and oxygen atoms in total. The van der Waals surface area contributed by atoms with Crippen LogP contribution in [-0.4, -0.2) is 31.1 Å². The predicted octanol–water partition coefficient (Wildman–Crippen LogP) is 4.09. The van der Waals surface area contributed by atoms with Gasteiger partial charge >= 0.3 is 12.1 Å². The zero-order valence-electron chi connectivity index (χ0n) is 14.4. The maximum atomic E-state index is 12.8. The number of ether oxygens (including phenoxy) is 1. The van der Waals surface area contributed by atoms with Gasteiger partial charge in [0.05, 0.1) is 18.6 Å². The number of esters is 1. The number of benzene rings is 2. The highest BCUT2D eigenvalue weighted by Crippen LogP contribution is 2.36. The number of likely N-dealkylation sites (tertiary alicyclic amines) is 1. The molecule has 0 saturated carbocycles. The topological polar surface area (TPSA) is 29.5 Å². The molecule has 1 fully saturated rings. The maximum absolute atomic E-state index is 12.8. The van der Waals surface area contributed by atoms with E-state index in [4.69, 9.17) is 4.74 Å². The molecule has 2 atom stereocenters. The maximum Gasteiger partial charge on any atom is 0.416 e. The van der Waals surface area contributed by atoms with Crippen LogP contribution in [0.15, 0.2) is 54.6 Å². The van der Waals surface area contributed by atoms with Crippen molar-refractivity contribution in [2.45, 2.75) is 18.6 Å². The minimum atomic E-state index is -4.37. The lowest BCUT2D eigenvalue weighted by Crippen LogP contribution is -2.24. The van der Waals surface area contributed by atoms with E-state index in [1.54, 1.807) is 0 Å². The molecule has 1 aliphatic heterocycles. The predicted molar refractivity (Wildman–Crippen MR) is 91.4 cm³/mol. The van der Waals surface area contributed by atoms with Gasteiger partial charge in [0.2, 0.25) is 0 Å². The Labute approximate surface area is 150 Å². The third-order valence-electron chi connectivity index (χ3n) is 4.81. The van der Waals surface area contributed by atoms with E-state index in [1.807, 2.05) is 30.3 Å².